The van der Waals surface area contributed by atoms with Crippen molar-refractivity contribution in [2.24, 2.45) is 29.6 Å². The molecule has 2 bridgehead atoms. The van der Waals surface area contributed by atoms with Crippen molar-refractivity contribution in [2.45, 2.75) is 32.1 Å². The number of nitrogens with one attached hydrogen (secondary N) is 2. The van der Waals surface area contributed by atoms with Gasteiger partial charge >= 0.3 is 0 Å². The predicted molar refractivity (Wildman–Crippen MR) is 74.5 cm³/mol. The molecule has 2 N–H and O–H groups in total. The molecule has 3 aliphatic carbocycles. The fraction of sp³-hybridized carbons (Fsp3) is 0.812. The molecule has 1 aliphatic heterocycles. The van der Waals surface area contributed by atoms with Crippen molar-refractivity contribution in [3.63, 3.8) is 0 Å². The van der Waals surface area contributed by atoms with Crippen LogP contribution in [0.5, 0.6) is 0 Å². The molecule has 4 unspecified atom stereocenters. The maximum Gasteiger partial charge on any atom is 0.223 e. The first-order chi connectivity index (χ1) is 9.34. The number of fused-ring (bicyclic) bond motifs is 5. The van der Waals surface area contributed by atoms with Crippen LogP contribution in [0.3, 0.4) is 0 Å². The van der Waals surface area contributed by atoms with Gasteiger partial charge in [0.2, 0.25) is 5.91 Å². The maximum atomic E-state index is 12.2. The van der Waals surface area contributed by atoms with Crippen LogP contribution >= 0.6 is 0 Å². The van der Waals surface area contributed by atoms with Crippen LogP contribution in [0.4, 0.5) is 0 Å². The van der Waals surface area contributed by atoms with Crippen molar-refractivity contribution < 1.29 is 4.79 Å². The molecule has 0 saturated heterocycles. The van der Waals surface area contributed by atoms with Crippen molar-refractivity contribution >= 4 is 5.91 Å². The lowest BCUT2D eigenvalue weighted by Gasteiger charge is -2.14. The van der Waals surface area contributed by atoms with Crippen LogP contribution in [0.15, 0.2) is 11.6 Å². The number of rotatable bonds is 4. The zero-order valence-corrected chi connectivity index (χ0v) is 11.5. The SMILES string of the molecule is O=C(NCCC1=CCNCC1)C1C2C3CCC(C3)C12. The Morgan fingerprint density at radius 1 is 1.32 bits per heavy atom. The quantitative estimate of drug-likeness (QED) is 0.756. The minimum atomic E-state index is 0.362. The van der Waals surface area contributed by atoms with Crippen molar-refractivity contribution in [3.05, 3.63) is 11.6 Å². The number of carbonyl (C=O) groups is 1. The highest BCUT2D eigenvalue weighted by Gasteiger charge is 2.67. The topological polar surface area (TPSA) is 41.1 Å². The summed E-state index contributed by atoms with van der Waals surface area (Å²) < 4.78 is 0. The molecule has 1 amide bonds. The molecular weight excluding hydrogens is 236 g/mol. The molecule has 3 nitrogen and oxygen atoms in total. The molecule has 0 aromatic carbocycles. The average Bonchev–Trinajstić information content (AvgIpc) is 2.89. The lowest BCUT2D eigenvalue weighted by atomic mass is 10.0. The highest BCUT2D eigenvalue weighted by atomic mass is 16.2. The summed E-state index contributed by atoms with van der Waals surface area (Å²) in [5.74, 6) is 4.11. The second-order valence-corrected chi connectivity index (χ2v) is 6.87. The van der Waals surface area contributed by atoms with E-state index in [0.29, 0.717) is 11.8 Å². The lowest BCUT2D eigenvalue weighted by molar-refractivity contribution is -0.123. The zero-order chi connectivity index (χ0) is 12.8. The fourth-order valence-corrected chi connectivity index (χ4v) is 5.04. The summed E-state index contributed by atoms with van der Waals surface area (Å²) in [5, 5.41) is 6.51. The van der Waals surface area contributed by atoms with E-state index in [1.165, 1.54) is 24.8 Å². The molecule has 0 spiro atoms. The second-order valence-electron chi connectivity index (χ2n) is 6.87. The molecule has 19 heavy (non-hydrogen) atoms. The van der Waals surface area contributed by atoms with Gasteiger partial charge in [0.15, 0.2) is 0 Å². The van der Waals surface area contributed by atoms with Gasteiger partial charge in [-0.15, -0.1) is 0 Å². The van der Waals surface area contributed by atoms with Crippen LogP contribution in [0.2, 0.25) is 0 Å². The molecule has 3 fully saturated rings. The summed E-state index contributed by atoms with van der Waals surface area (Å²) in [6, 6.07) is 0. The fourth-order valence-electron chi connectivity index (χ4n) is 5.04. The summed E-state index contributed by atoms with van der Waals surface area (Å²) >= 11 is 0. The van der Waals surface area contributed by atoms with Gasteiger partial charge in [0.25, 0.3) is 0 Å². The van der Waals surface area contributed by atoms with Crippen molar-refractivity contribution in [2.75, 3.05) is 19.6 Å². The van der Waals surface area contributed by atoms with Gasteiger partial charge in [-0.1, -0.05) is 11.6 Å². The highest BCUT2D eigenvalue weighted by molar-refractivity contribution is 5.82. The van der Waals surface area contributed by atoms with E-state index in [1.54, 1.807) is 0 Å². The minimum Gasteiger partial charge on any atom is -0.356 e. The molecule has 4 atom stereocenters. The van der Waals surface area contributed by atoms with Crippen LogP contribution in [-0.2, 0) is 4.79 Å². The molecule has 0 aromatic rings. The molecule has 3 saturated carbocycles. The Bertz CT molecular complexity index is 401. The molecule has 3 heteroatoms. The van der Waals surface area contributed by atoms with Gasteiger partial charge in [0, 0.05) is 19.0 Å². The van der Waals surface area contributed by atoms with Crippen molar-refractivity contribution in [1.82, 2.24) is 10.6 Å². The maximum absolute atomic E-state index is 12.2. The standard InChI is InChI=1S/C16H24N2O/c19-16(18-8-5-10-3-6-17-7-4-10)15-13-11-1-2-12(9-11)14(13)15/h3,11-15,17H,1-2,4-9H2,(H,18,19). The van der Waals surface area contributed by atoms with E-state index in [9.17, 15) is 4.79 Å². The summed E-state index contributed by atoms with van der Waals surface area (Å²) in [6.45, 7) is 2.94. The van der Waals surface area contributed by atoms with E-state index in [2.05, 4.69) is 16.7 Å². The van der Waals surface area contributed by atoms with Gasteiger partial charge in [-0.05, 0) is 62.3 Å². The summed E-state index contributed by atoms with van der Waals surface area (Å²) in [6.07, 6.45) is 8.70. The van der Waals surface area contributed by atoms with Gasteiger partial charge in [-0.25, -0.2) is 0 Å². The van der Waals surface area contributed by atoms with Crippen LogP contribution in [0.25, 0.3) is 0 Å². The Hall–Kier alpha value is -0.830. The molecule has 4 rings (SSSR count). The summed E-state index contributed by atoms with van der Waals surface area (Å²) in [4.78, 5) is 12.2. The lowest BCUT2D eigenvalue weighted by Crippen LogP contribution is -2.29. The Kier molecular flexibility index (Phi) is 2.91. The van der Waals surface area contributed by atoms with Gasteiger partial charge in [0.05, 0.1) is 0 Å². The van der Waals surface area contributed by atoms with Crippen LogP contribution in [0, 0.1) is 29.6 Å². The molecule has 4 aliphatic rings. The van der Waals surface area contributed by atoms with E-state index in [4.69, 9.17) is 0 Å². The Morgan fingerprint density at radius 3 is 2.79 bits per heavy atom. The third kappa shape index (κ3) is 2.03. The Morgan fingerprint density at radius 2 is 2.11 bits per heavy atom. The average molecular weight is 260 g/mol. The van der Waals surface area contributed by atoms with E-state index < -0.39 is 0 Å². The Labute approximate surface area is 115 Å². The van der Waals surface area contributed by atoms with Crippen LogP contribution in [-0.4, -0.2) is 25.5 Å². The molecule has 104 valence electrons. The molecule has 0 radical (unpaired) electrons. The van der Waals surface area contributed by atoms with E-state index in [1.807, 2.05) is 0 Å². The molecule has 1 heterocycles. The van der Waals surface area contributed by atoms with E-state index in [0.717, 1.165) is 56.1 Å². The monoisotopic (exact) mass is 260 g/mol. The zero-order valence-electron chi connectivity index (χ0n) is 11.5. The first-order valence-electron chi connectivity index (χ1n) is 8.01. The van der Waals surface area contributed by atoms with Crippen molar-refractivity contribution in [3.8, 4) is 0 Å². The highest BCUT2D eigenvalue weighted by Crippen LogP contribution is 2.69. The number of amides is 1. The molecular formula is C16H24N2O. The minimum absolute atomic E-state index is 0.362. The van der Waals surface area contributed by atoms with Gasteiger partial charge in [-0.2, -0.15) is 0 Å². The largest absolute Gasteiger partial charge is 0.356 e. The predicted octanol–water partition coefficient (Wildman–Crippen LogP) is 1.70. The van der Waals surface area contributed by atoms with E-state index >= 15 is 0 Å². The van der Waals surface area contributed by atoms with Crippen LogP contribution in [0.1, 0.15) is 32.1 Å². The number of hydrogen-bond acceptors (Lipinski definition) is 2. The Balaban J connectivity index is 1.24. The smallest absolute Gasteiger partial charge is 0.223 e. The van der Waals surface area contributed by atoms with Gasteiger partial charge < -0.3 is 10.6 Å². The van der Waals surface area contributed by atoms with Crippen molar-refractivity contribution in [1.29, 1.82) is 0 Å². The third-order valence-electron chi connectivity index (χ3n) is 5.94. The van der Waals surface area contributed by atoms with Gasteiger partial charge in [0.1, 0.15) is 0 Å². The third-order valence-corrected chi connectivity index (χ3v) is 5.94. The first kappa shape index (κ1) is 12.0. The number of hydrogen-bond donors (Lipinski definition) is 2. The van der Waals surface area contributed by atoms with Crippen LogP contribution < -0.4 is 10.6 Å². The summed E-state index contributed by atoms with van der Waals surface area (Å²) in [5.41, 5.74) is 1.51. The second kappa shape index (κ2) is 4.62. The van der Waals surface area contributed by atoms with E-state index in [-0.39, 0.29) is 0 Å². The summed E-state index contributed by atoms with van der Waals surface area (Å²) in [7, 11) is 0. The molecule has 0 aromatic heterocycles. The normalized spacial score (nSPS) is 42.7. The number of carbonyl (C=O) groups excluding carboxylic acids is 1. The first-order valence-corrected chi connectivity index (χ1v) is 8.01. The van der Waals surface area contributed by atoms with Gasteiger partial charge in [-0.3, -0.25) is 4.79 Å².